The van der Waals surface area contributed by atoms with E-state index in [0.29, 0.717) is 0 Å². The average molecular weight is 178 g/mol. The lowest BCUT2D eigenvalue weighted by atomic mass is 10.2. The Bertz CT molecular complexity index is 434. The van der Waals surface area contributed by atoms with E-state index in [2.05, 4.69) is 4.98 Å². The second-order valence-electron chi connectivity index (χ2n) is 2.51. The summed E-state index contributed by atoms with van der Waals surface area (Å²) >= 11 is 0. The molecule has 1 aromatic carbocycles. The molecule has 2 aromatic rings. The highest BCUT2D eigenvalue weighted by atomic mass is 16.6. The highest BCUT2D eigenvalue weighted by molar-refractivity contribution is 5.81. The maximum Gasteiger partial charge on any atom is 0.271 e. The van der Waals surface area contributed by atoms with Gasteiger partial charge in [0.25, 0.3) is 5.69 Å². The molecule has 0 saturated carbocycles. The Morgan fingerprint density at radius 1 is 1.31 bits per heavy atom. The minimum Gasteiger partial charge on any atom is -0.361 e. The molecular weight excluding hydrogens is 168 g/mol. The zero-order valence-corrected chi connectivity index (χ0v) is 6.15. The summed E-state index contributed by atoms with van der Waals surface area (Å²) in [4.78, 5) is 12.9. The van der Waals surface area contributed by atoms with Gasteiger partial charge >= 0.3 is 0 Å². The first-order valence-corrected chi connectivity index (χ1v) is 3.49. The number of hydrogen-bond donors (Lipinski definition) is 1. The number of benzene rings is 1. The summed E-state index contributed by atoms with van der Waals surface area (Å²) in [6, 6.07) is 6.62. The van der Waals surface area contributed by atoms with E-state index < -0.39 is 4.92 Å². The normalized spacial score (nSPS) is 9.54. The minimum absolute atomic E-state index is 0. The average Bonchev–Trinajstić information content (AvgIpc) is 2.49. The number of nitro benzene ring substituents is 1. The Morgan fingerprint density at radius 3 is 2.77 bits per heavy atom. The number of hydrogen-bond acceptors (Lipinski definition) is 2. The first-order valence-electron chi connectivity index (χ1n) is 3.49. The number of nitro groups is 1. The van der Waals surface area contributed by atoms with E-state index in [9.17, 15) is 10.1 Å². The molecule has 1 aromatic heterocycles. The molecule has 1 heterocycles. The van der Waals surface area contributed by atoms with Crippen LogP contribution in [0.3, 0.4) is 0 Å². The summed E-state index contributed by atoms with van der Waals surface area (Å²) in [6.45, 7) is 0. The van der Waals surface area contributed by atoms with E-state index in [1.165, 1.54) is 12.1 Å². The van der Waals surface area contributed by atoms with E-state index in [4.69, 9.17) is 0 Å². The Balaban J connectivity index is 0.000000845. The molecule has 68 valence electrons. The van der Waals surface area contributed by atoms with Crippen molar-refractivity contribution in [3.8, 4) is 0 Å². The molecular formula is C9H10N2O2. The molecule has 0 bridgehead atoms. The third kappa shape index (κ3) is 1.51. The zero-order valence-electron chi connectivity index (χ0n) is 6.15. The summed E-state index contributed by atoms with van der Waals surface area (Å²) in [7, 11) is 0. The van der Waals surface area contributed by atoms with Gasteiger partial charge in [0.2, 0.25) is 0 Å². The largest absolute Gasteiger partial charge is 0.361 e. The van der Waals surface area contributed by atoms with Crippen LogP contribution in [0.4, 0.5) is 5.69 Å². The lowest BCUT2D eigenvalue weighted by Crippen LogP contribution is -1.86. The van der Waals surface area contributed by atoms with Crippen molar-refractivity contribution in [3.05, 3.63) is 40.6 Å². The molecule has 1 N–H and O–H groups in total. The number of nitrogens with one attached hydrogen (secondary N) is 1. The van der Waals surface area contributed by atoms with Crippen LogP contribution in [0.5, 0.6) is 0 Å². The standard InChI is InChI=1S/C8H6N2O2.CH4/c11-10(12)7-2-1-6-3-4-9-8(6)5-7;/h1-5,9H;1H4. The molecule has 0 aliphatic rings. The van der Waals surface area contributed by atoms with Crippen LogP contribution in [0.1, 0.15) is 7.43 Å². The minimum atomic E-state index is -0.402. The van der Waals surface area contributed by atoms with Crippen molar-refractivity contribution in [2.24, 2.45) is 0 Å². The third-order valence-corrected chi connectivity index (χ3v) is 1.75. The van der Waals surface area contributed by atoms with Gasteiger partial charge in [-0.25, -0.2) is 0 Å². The van der Waals surface area contributed by atoms with E-state index in [-0.39, 0.29) is 13.1 Å². The summed E-state index contributed by atoms with van der Waals surface area (Å²) in [5.74, 6) is 0. The maximum absolute atomic E-state index is 10.4. The van der Waals surface area contributed by atoms with Crippen LogP contribution in [0, 0.1) is 10.1 Å². The van der Waals surface area contributed by atoms with Crippen molar-refractivity contribution in [1.82, 2.24) is 4.98 Å². The van der Waals surface area contributed by atoms with Gasteiger partial charge in [-0.2, -0.15) is 0 Å². The first kappa shape index (κ1) is 9.25. The molecule has 0 atom stereocenters. The van der Waals surface area contributed by atoms with Gasteiger partial charge in [0.05, 0.1) is 10.4 Å². The predicted octanol–water partition coefficient (Wildman–Crippen LogP) is 2.71. The van der Waals surface area contributed by atoms with Crippen LogP contribution in [-0.2, 0) is 0 Å². The van der Waals surface area contributed by atoms with Crippen LogP contribution in [0.25, 0.3) is 10.9 Å². The van der Waals surface area contributed by atoms with Crippen molar-refractivity contribution in [1.29, 1.82) is 0 Å². The smallest absolute Gasteiger partial charge is 0.271 e. The molecule has 0 saturated heterocycles. The van der Waals surface area contributed by atoms with E-state index in [0.717, 1.165) is 10.9 Å². The lowest BCUT2D eigenvalue weighted by molar-refractivity contribution is -0.384. The second-order valence-corrected chi connectivity index (χ2v) is 2.51. The van der Waals surface area contributed by atoms with Crippen molar-refractivity contribution in [2.45, 2.75) is 7.43 Å². The molecule has 0 amide bonds. The molecule has 0 aliphatic carbocycles. The van der Waals surface area contributed by atoms with Crippen molar-refractivity contribution in [2.75, 3.05) is 0 Å². The molecule has 13 heavy (non-hydrogen) atoms. The predicted molar refractivity (Wildman–Crippen MR) is 51.7 cm³/mol. The molecule has 0 unspecified atom stereocenters. The summed E-state index contributed by atoms with van der Waals surface area (Å²) in [6.07, 6.45) is 1.76. The SMILES string of the molecule is C.O=[N+]([O-])c1ccc2cc[nH]c2c1. The summed E-state index contributed by atoms with van der Waals surface area (Å²) < 4.78 is 0. The van der Waals surface area contributed by atoms with Gasteiger partial charge in [-0.3, -0.25) is 10.1 Å². The Hall–Kier alpha value is -1.84. The Kier molecular flexibility index (Phi) is 2.32. The molecule has 0 spiro atoms. The van der Waals surface area contributed by atoms with Crippen LogP contribution in [0.15, 0.2) is 30.5 Å². The van der Waals surface area contributed by atoms with Gasteiger partial charge in [-0.15, -0.1) is 0 Å². The molecule has 0 fully saturated rings. The third-order valence-electron chi connectivity index (χ3n) is 1.75. The van der Waals surface area contributed by atoms with E-state index in [1.54, 1.807) is 12.3 Å². The van der Waals surface area contributed by atoms with Gasteiger partial charge < -0.3 is 4.98 Å². The fraction of sp³-hybridized carbons (Fsp3) is 0.111. The molecule has 0 radical (unpaired) electrons. The first-order chi connectivity index (χ1) is 5.77. The van der Waals surface area contributed by atoms with Gasteiger partial charge in [-0.05, 0) is 17.5 Å². The number of H-pyrrole nitrogens is 1. The van der Waals surface area contributed by atoms with Crippen molar-refractivity contribution < 1.29 is 4.92 Å². The van der Waals surface area contributed by atoms with Crippen molar-refractivity contribution >= 4 is 16.6 Å². The fourth-order valence-corrected chi connectivity index (χ4v) is 1.15. The monoisotopic (exact) mass is 178 g/mol. The number of aromatic nitrogens is 1. The van der Waals surface area contributed by atoms with Crippen LogP contribution < -0.4 is 0 Å². The Labute approximate surface area is 75.3 Å². The van der Waals surface area contributed by atoms with Crippen LogP contribution >= 0.6 is 0 Å². The number of aromatic amines is 1. The van der Waals surface area contributed by atoms with Gasteiger partial charge in [0.15, 0.2) is 0 Å². The zero-order chi connectivity index (χ0) is 8.55. The topological polar surface area (TPSA) is 58.9 Å². The highest BCUT2D eigenvalue weighted by Gasteiger charge is 2.05. The number of rotatable bonds is 1. The van der Waals surface area contributed by atoms with Gasteiger partial charge in [0, 0.05) is 18.3 Å². The van der Waals surface area contributed by atoms with E-state index in [1.807, 2.05) is 6.07 Å². The number of fused-ring (bicyclic) bond motifs is 1. The van der Waals surface area contributed by atoms with Crippen LogP contribution in [-0.4, -0.2) is 9.91 Å². The van der Waals surface area contributed by atoms with Crippen LogP contribution in [0.2, 0.25) is 0 Å². The Morgan fingerprint density at radius 2 is 2.08 bits per heavy atom. The molecule has 4 nitrogen and oxygen atoms in total. The molecule has 0 aliphatic heterocycles. The van der Waals surface area contributed by atoms with Crippen molar-refractivity contribution in [3.63, 3.8) is 0 Å². The maximum atomic E-state index is 10.4. The molecule has 4 heteroatoms. The lowest BCUT2D eigenvalue weighted by Gasteiger charge is -1.90. The van der Waals surface area contributed by atoms with Gasteiger partial charge in [-0.1, -0.05) is 7.43 Å². The summed E-state index contributed by atoms with van der Waals surface area (Å²) in [5, 5.41) is 11.3. The highest BCUT2D eigenvalue weighted by Crippen LogP contribution is 2.18. The summed E-state index contributed by atoms with van der Waals surface area (Å²) in [5.41, 5.74) is 0.911. The fourth-order valence-electron chi connectivity index (χ4n) is 1.15. The quantitative estimate of drug-likeness (QED) is 0.539. The molecule has 2 rings (SSSR count). The second kappa shape index (κ2) is 3.26. The number of nitrogens with zero attached hydrogens (tertiary/aromatic N) is 1. The van der Waals surface area contributed by atoms with E-state index >= 15 is 0 Å². The van der Waals surface area contributed by atoms with Gasteiger partial charge in [0.1, 0.15) is 0 Å². The number of non-ortho nitro benzene ring substituents is 1.